The molecule has 0 amide bonds. The van der Waals surface area contributed by atoms with Gasteiger partial charge in [-0.15, -0.1) is 0 Å². The highest BCUT2D eigenvalue weighted by atomic mass is 16.5. The van der Waals surface area contributed by atoms with Crippen molar-refractivity contribution in [3.8, 4) is 11.5 Å². The summed E-state index contributed by atoms with van der Waals surface area (Å²) in [5, 5.41) is 3.39. The van der Waals surface area contributed by atoms with Gasteiger partial charge in [0.25, 0.3) is 0 Å². The van der Waals surface area contributed by atoms with Gasteiger partial charge < -0.3 is 19.5 Å². The van der Waals surface area contributed by atoms with E-state index in [1.54, 1.807) is 14.2 Å². The lowest BCUT2D eigenvalue weighted by Gasteiger charge is -2.40. The average molecular weight is 516 g/mol. The fourth-order valence-corrected chi connectivity index (χ4v) is 6.31. The number of nitrogens with one attached hydrogen (secondary N) is 1. The van der Waals surface area contributed by atoms with Gasteiger partial charge in [-0.05, 0) is 68.2 Å². The number of ketones is 1. The predicted octanol–water partition coefficient (Wildman–Crippen LogP) is 6.11. The SMILES string of the molecule is C=C1NC2=C(C(=O)CC(c3ccc(OC)c(OC)c3)C2)C(c2cccc(C)c2)C1C(=O)OC1CCCCC1. The lowest BCUT2D eigenvalue weighted by Crippen LogP contribution is -2.43. The third-order valence-corrected chi connectivity index (χ3v) is 8.21. The number of carbonyl (C=O) groups excluding carboxylic acids is 2. The van der Waals surface area contributed by atoms with Gasteiger partial charge in [0.15, 0.2) is 17.3 Å². The second kappa shape index (κ2) is 11.1. The van der Waals surface area contributed by atoms with Crippen molar-refractivity contribution < 1.29 is 23.8 Å². The van der Waals surface area contributed by atoms with Gasteiger partial charge in [-0.1, -0.05) is 48.9 Å². The van der Waals surface area contributed by atoms with Crippen molar-refractivity contribution in [1.82, 2.24) is 5.32 Å². The van der Waals surface area contributed by atoms with Crippen LogP contribution in [0.15, 0.2) is 66.0 Å². The highest BCUT2D eigenvalue weighted by molar-refractivity contribution is 6.01. The summed E-state index contributed by atoms with van der Waals surface area (Å²) in [5.74, 6) is -0.0455. The van der Waals surface area contributed by atoms with Crippen LogP contribution < -0.4 is 14.8 Å². The first-order valence-corrected chi connectivity index (χ1v) is 13.6. The van der Waals surface area contributed by atoms with Crippen LogP contribution in [0.4, 0.5) is 0 Å². The summed E-state index contributed by atoms with van der Waals surface area (Å²) in [4.78, 5) is 27.5. The first kappa shape index (κ1) is 26.1. The molecular formula is C32H37NO5. The molecule has 0 spiro atoms. The minimum Gasteiger partial charge on any atom is -0.493 e. The van der Waals surface area contributed by atoms with Crippen molar-refractivity contribution in [2.24, 2.45) is 5.92 Å². The van der Waals surface area contributed by atoms with Gasteiger partial charge in [0.2, 0.25) is 0 Å². The normalized spacial score (nSPS) is 23.9. The van der Waals surface area contributed by atoms with Crippen LogP contribution >= 0.6 is 0 Å². The third-order valence-electron chi connectivity index (χ3n) is 8.21. The van der Waals surface area contributed by atoms with E-state index in [0.717, 1.165) is 48.1 Å². The Balaban J connectivity index is 1.51. The molecule has 3 atom stereocenters. The number of rotatable bonds is 6. The molecule has 0 bridgehead atoms. The van der Waals surface area contributed by atoms with Crippen LogP contribution in [0.3, 0.4) is 0 Å². The van der Waals surface area contributed by atoms with E-state index < -0.39 is 11.8 Å². The topological polar surface area (TPSA) is 73.9 Å². The van der Waals surface area contributed by atoms with Gasteiger partial charge in [0.05, 0.1) is 14.2 Å². The maximum absolute atomic E-state index is 13.9. The highest BCUT2D eigenvalue weighted by Crippen LogP contribution is 2.48. The van der Waals surface area contributed by atoms with Crippen LogP contribution in [0.2, 0.25) is 0 Å². The zero-order valence-electron chi connectivity index (χ0n) is 22.5. The quantitative estimate of drug-likeness (QED) is 0.468. The summed E-state index contributed by atoms with van der Waals surface area (Å²) in [6, 6.07) is 13.9. The summed E-state index contributed by atoms with van der Waals surface area (Å²) < 4.78 is 16.9. The van der Waals surface area contributed by atoms with Crippen molar-refractivity contribution in [2.75, 3.05) is 14.2 Å². The van der Waals surface area contributed by atoms with E-state index >= 15 is 0 Å². The predicted molar refractivity (Wildman–Crippen MR) is 146 cm³/mol. The maximum atomic E-state index is 13.9. The number of esters is 1. The van der Waals surface area contributed by atoms with Crippen molar-refractivity contribution in [3.63, 3.8) is 0 Å². The molecule has 1 heterocycles. The monoisotopic (exact) mass is 515 g/mol. The molecule has 0 radical (unpaired) electrons. The van der Waals surface area contributed by atoms with Gasteiger partial charge in [-0.2, -0.15) is 0 Å². The summed E-state index contributed by atoms with van der Waals surface area (Å²) in [7, 11) is 3.22. The fraction of sp³-hybridized carbons (Fsp3) is 0.438. The van der Waals surface area contributed by atoms with E-state index in [-0.39, 0.29) is 23.8 Å². The standard InChI is InChI=1S/C32H37NO5/c1-19-9-8-10-22(15-19)30-29(32(35)38-24-11-6-5-7-12-24)20(2)33-25-16-23(17-26(34)31(25)30)21-13-14-27(36-3)28(18-21)37-4/h8-10,13-15,18,23-24,29-30,33H,2,5-7,11-12,16-17H2,1,3-4H3. The second-order valence-corrected chi connectivity index (χ2v) is 10.8. The third kappa shape index (κ3) is 5.09. The van der Waals surface area contributed by atoms with Crippen LogP contribution in [0.5, 0.6) is 11.5 Å². The lowest BCUT2D eigenvalue weighted by molar-refractivity contribution is -0.155. The number of aryl methyl sites for hydroxylation is 1. The van der Waals surface area contributed by atoms with Crippen molar-refractivity contribution in [3.05, 3.63) is 82.7 Å². The summed E-state index contributed by atoms with van der Waals surface area (Å²) in [6.45, 7) is 6.31. The Morgan fingerprint density at radius 3 is 2.42 bits per heavy atom. The van der Waals surface area contributed by atoms with E-state index in [0.29, 0.717) is 35.6 Å². The van der Waals surface area contributed by atoms with E-state index in [1.807, 2.05) is 43.3 Å². The first-order valence-electron chi connectivity index (χ1n) is 13.6. The number of ether oxygens (including phenoxy) is 3. The minimum absolute atomic E-state index is 0.0229. The van der Waals surface area contributed by atoms with Crippen LogP contribution in [0.25, 0.3) is 0 Å². The van der Waals surface area contributed by atoms with E-state index in [4.69, 9.17) is 14.2 Å². The van der Waals surface area contributed by atoms with Crippen LogP contribution in [-0.2, 0) is 14.3 Å². The van der Waals surface area contributed by atoms with Gasteiger partial charge in [-0.3, -0.25) is 9.59 Å². The Morgan fingerprint density at radius 2 is 1.71 bits per heavy atom. The second-order valence-electron chi connectivity index (χ2n) is 10.8. The number of allylic oxidation sites excluding steroid dienone is 2. The van der Waals surface area contributed by atoms with Crippen molar-refractivity contribution in [2.45, 2.75) is 69.8 Å². The van der Waals surface area contributed by atoms with Gasteiger partial charge in [0, 0.05) is 29.3 Å². The molecule has 200 valence electrons. The van der Waals surface area contributed by atoms with E-state index in [2.05, 4.69) is 18.0 Å². The molecule has 2 aromatic carbocycles. The first-order chi connectivity index (χ1) is 18.4. The zero-order valence-corrected chi connectivity index (χ0v) is 22.5. The fourth-order valence-electron chi connectivity index (χ4n) is 6.31. The maximum Gasteiger partial charge on any atom is 0.316 e. The van der Waals surface area contributed by atoms with Gasteiger partial charge in [-0.25, -0.2) is 0 Å². The number of carbonyl (C=O) groups is 2. The number of Topliss-reactive ketones (excluding diaryl/α,β-unsaturated/α-hetero) is 1. The highest BCUT2D eigenvalue weighted by Gasteiger charge is 2.46. The van der Waals surface area contributed by atoms with E-state index in [9.17, 15) is 9.59 Å². The minimum atomic E-state index is -0.654. The molecule has 6 heteroatoms. The Hall–Kier alpha value is -3.54. The molecule has 1 fully saturated rings. The number of benzene rings is 2. The number of hydrogen-bond acceptors (Lipinski definition) is 6. The molecule has 5 rings (SSSR count). The molecule has 1 saturated carbocycles. The number of hydrogen-bond donors (Lipinski definition) is 1. The summed E-state index contributed by atoms with van der Waals surface area (Å²) >= 11 is 0. The zero-order chi connectivity index (χ0) is 26.8. The van der Waals surface area contributed by atoms with Crippen LogP contribution in [-0.4, -0.2) is 32.1 Å². The Labute approximate surface area is 225 Å². The molecule has 2 aliphatic carbocycles. The van der Waals surface area contributed by atoms with Crippen LogP contribution in [0, 0.1) is 12.8 Å². The molecule has 1 N–H and O–H groups in total. The van der Waals surface area contributed by atoms with Gasteiger partial charge in [0.1, 0.15) is 12.0 Å². The smallest absolute Gasteiger partial charge is 0.316 e. The van der Waals surface area contributed by atoms with Crippen molar-refractivity contribution in [1.29, 1.82) is 0 Å². The largest absolute Gasteiger partial charge is 0.493 e. The van der Waals surface area contributed by atoms with Gasteiger partial charge >= 0.3 is 5.97 Å². The molecular weight excluding hydrogens is 478 g/mol. The summed E-state index contributed by atoms with van der Waals surface area (Å²) in [5.41, 5.74) is 5.17. The molecule has 3 aliphatic rings. The molecule has 0 aromatic heterocycles. The Morgan fingerprint density at radius 1 is 0.947 bits per heavy atom. The Bertz CT molecular complexity index is 1270. The molecule has 1 aliphatic heterocycles. The average Bonchev–Trinajstić information content (AvgIpc) is 2.92. The lowest BCUT2D eigenvalue weighted by atomic mass is 9.69. The summed E-state index contributed by atoms with van der Waals surface area (Å²) in [6.07, 6.45) is 6.07. The molecule has 3 unspecified atom stereocenters. The van der Waals surface area contributed by atoms with Crippen molar-refractivity contribution >= 4 is 11.8 Å². The molecule has 0 saturated heterocycles. The number of methoxy groups -OCH3 is 2. The Kier molecular flexibility index (Phi) is 7.59. The molecule has 2 aromatic rings. The van der Waals surface area contributed by atoms with Crippen LogP contribution in [0.1, 0.15) is 73.5 Å². The van der Waals surface area contributed by atoms with E-state index in [1.165, 1.54) is 6.42 Å². The molecule has 38 heavy (non-hydrogen) atoms. The molecule has 6 nitrogen and oxygen atoms in total.